The second-order valence-electron chi connectivity index (χ2n) is 4.42. The third-order valence-corrected chi connectivity index (χ3v) is 3.77. The topological polar surface area (TPSA) is 29.5 Å². The van der Waals surface area contributed by atoms with Crippen LogP contribution in [0.5, 0.6) is 11.5 Å². The molecule has 0 aliphatic carbocycles. The maximum absolute atomic E-state index is 9.48. The van der Waals surface area contributed by atoms with Gasteiger partial charge in [-0.2, -0.15) is 11.3 Å². The summed E-state index contributed by atoms with van der Waals surface area (Å²) in [5.74, 6) is 1.12. The van der Waals surface area contributed by atoms with Crippen LogP contribution in [0.15, 0.2) is 53.2 Å². The average Bonchev–Trinajstić information content (AvgIpc) is 2.91. The molecular weight excluding hydrogens is 256 g/mol. The summed E-state index contributed by atoms with van der Waals surface area (Å²) in [5.41, 5.74) is 1.31. The Kier molecular flexibility index (Phi) is 3.38. The Hall–Kier alpha value is -2.00. The van der Waals surface area contributed by atoms with E-state index in [2.05, 4.69) is 16.8 Å². The van der Waals surface area contributed by atoms with Crippen molar-refractivity contribution in [2.24, 2.45) is 0 Å². The molecule has 3 heteroatoms. The third kappa shape index (κ3) is 2.88. The molecule has 0 atom stereocenters. The fourth-order valence-corrected chi connectivity index (χ4v) is 2.73. The monoisotopic (exact) mass is 270 g/mol. The van der Waals surface area contributed by atoms with Crippen molar-refractivity contribution < 1.29 is 9.84 Å². The van der Waals surface area contributed by atoms with Crippen LogP contribution < -0.4 is 4.74 Å². The number of aromatic hydroxyl groups is 1. The average molecular weight is 270 g/mol. The molecule has 0 fully saturated rings. The van der Waals surface area contributed by atoms with Crippen LogP contribution in [0.3, 0.4) is 0 Å². The van der Waals surface area contributed by atoms with Crippen molar-refractivity contribution >= 4 is 22.1 Å². The van der Waals surface area contributed by atoms with Gasteiger partial charge < -0.3 is 9.84 Å². The number of phenols is 1. The van der Waals surface area contributed by atoms with E-state index in [4.69, 9.17) is 4.74 Å². The zero-order chi connectivity index (χ0) is 13.1. The van der Waals surface area contributed by atoms with Crippen molar-refractivity contribution in [2.45, 2.75) is 6.42 Å². The van der Waals surface area contributed by atoms with Gasteiger partial charge in [-0.05, 0) is 57.4 Å². The fourth-order valence-electron chi connectivity index (χ4n) is 2.02. The lowest BCUT2D eigenvalue weighted by Crippen LogP contribution is -2.00. The molecule has 96 valence electrons. The van der Waals surface area contributed by atoms with Crippen molar-refractivity contribution in [2.75, 3.05) is 6.61 Å². The Balaban J connectivity index is 1.70. The zero-order valence-electron chi connectivity index (χ0n) is 10.4. The second kappa shape index (κ2) is 5.33. The van der Waals surface area contributed by atoms with E-state index in [0.29, 0.717) is 6.61 Å². The molecule has 0 saturated carbocycles. The second-order valence-corrected chi connectivity index (χ2v) is 5.20. The normalized spacial score (nSPS) is 10.7. The maximum Gasteiger partial charge on any atom is 0.119 e. The van der Waals surface area contributed by atoms with Crippen LogP contribution in [-0.4, -0.2) is 11.7 Å². The quantitative estimate of drug-likeness (QED) is 0.768. The van der Waals surface area contributed by atoms with Gasteiger partial charge in [0.05, 0.1) is 6.61 Å². The molecule has 0 aliphatic rings. The van der Waals surface area contributed by atoms with E-state index in [-0.39, 0.29) is 5.75 Å². The third-order valence-electron chi connectivity index (χ3n) is 3.03. The van der Waals surface area contributed by atoms with Crippen LogP contribution in [0.2, 0.25) is 0 Å². The molecule has 1 N–H and O–H groups in total. The minimum absolute atomic E-state index is 0.280. The SMILES string of the molecule is Oc1ccc2ccc(OCCc3ccsc3)cc2c1. The van der Waals surface area contributed by atoms with Crippen molar-refractivity contribution in [1.82, 2.24) is 0 Å². The molecule has 1 aromatic heterocycles. The van der Waals surface area contributed by atoms with E-state index in [1.165, 1.54) is 5.56 Å². The summed E-state index contributed by atoms with van der Waals surface area (Å²) < 4.78 is 5.75. The minimum atomic E-state index is 0.280. The van der Waals surface area contributed by atoms with E-state index < -0.39 is 0 Å². The first kappa shape index (κ1) is 12.1. The summed E-state index contributed by atoms with van der Waals surface area (Å²) in [5, 5.41) is 15.8. The molecule has 0 bridgehead atoms. The zero-order valence-corrected chi connectivity index (χ0v) is 11.2. The van der Waals surface area contributed by atoms with E-state index in [9.17, 15) is 5.11 Å². The predicted molar refractivity (Wildman–Crippen MR) is 79.1 cm³/mol. The summed E-state index contributed by atoms with van der Waals surface area (Å²) in [6.45, 7) is 0.668. The van der Waals surface area contributed by atoms with E-state index in [1.54, 1.807) is 23.5 Å². The van der Waals surface area contributed by atoms with Crippen LogP contribution in [0.4, 0.5) is 0 Å². The Morgan fingerprint density at radius 3 is 2.74 bits per heavy atom. The van der Waals surface area contributed by atoms with Crippen LogP contribution in [0.1, 0.15) is 5.56 Å². The van der Waals surface area contributed by atoms with Gasteiger partial charge in [-0.25, -0.2) is 0 Å². The number of hydrogen-bond acceptors (Lipinski definition) is 3. The smallest absolute Gasteiger partial charge is 0.119 e. The van der Waals surface area contributed by atoms with Gasteiger partial charge in [0.1, 0.15) is 11.5 Å². The number of benzene rings is 2. The Bertz CT molecular complexity index is 674. The van der Waals surface area contributed by atoms with Gasteiger partial charge in [-0.3, -0.25) is 0 Å². The summed E-state index contributed by atoms with van der Waals surface area (Å²) in [7, 11) is 0. The Morgan fingerprint density at radius 1 is 1.00 bits per heavy atom. The van der Waals surface area contributed by atoms with Gasteiger partial charge >= 0.3 is 0 Å². The number of phenolic OH excluding ortho intramolecular Hbond substituents is 1. The first-order valence-electron chi connectivity index (χ1n) is 6.18. The minimum Gasteiger partial charge on any atom is -0.508 e. The van der Waals surface area contributed by atoms with E-state index >= 15 is 0 Å². The number of ether oxygens (including phenoxy) is 1. The van der Waals surface area contributed by atoms with Gasteiger partial charge in [0.25, 0.3) is 0 Å². The number of fused-ring (bicyclic) bond motifs is 1. The summed E-state index contributed by atoms with van der Waals surface area (Å²) in [4.78, 5) is 0. The van der Waals surface area contributed by atoms with E-state index in [0.717, 1.165) is 22.9 Å². The molecule has 0 amide bonds. The number of rotatable bonds is 4. The molecular formula is C16H14O2S. The number of hydrogen-bond donors (Lipinski definition) is 1. The first-order chi connectivity index (χ1) is 9.31. The molecule has 0 saturated heterocycles. The van der Waals surface area contributed by atoms with Crippen molar-refractivity contribution in [3.05, 3.63) is 58.8 Å². The van der Waals surface area contributed by atoms with Crippen molar-refractivity contribution in [3.63, 3.8) is 0 Å². The largest absolute Gasteiger partial charge is 0.508 e. The molecule has 0 radical (unpaired) electrons. The van der Waals surface area contributed by atoms with Crippen LogP contribution >= 0.6 is 11.3 Å². The molecule has 2 nitrogen and oxygen atoms in total. The lowest BCUT2D eigenvalue weighted by Gasteiger charge is -2.07. The highest BCUT2D eigenvalue weighted by Crippen LogP contribution is 2.24. The fraction of sp³-hybridized carbons (Fsp3) is 0.125. The van der Waals surface area contributed by atoms with Gasteiger partial charge in [0.2, 0.25) is 0 Å². The van der Waals surface area contributed by atoms with Crippen LogP contribution in [0.25, 0.3) is 10.8 Å². The molecule has 0 spiro atoms. The van der Waals surface area contributed by atoms with Crippen molar-refractivity contribution in [3.8, 4) is 11.5 Å². The van der Waals surface area contributed by atoms with Crippen molar-refractivity contribution in [1.29, 1.82) is 0 Å². The molecule has 0 unspecified atom stereocenters. The summed E-state index contributed by atoms with van der Waals surface area (Å²) in [6.07, 6.45) is 0.918. The molecule has 1 heterocycles. The highest BCUT2D eigenvalue weighted by atomic mass is 32.1. The van der Waals surface area contributed by atoms with Crippen LogP contribution in [0, 0.1) is 0 Å². The molecule has 3 rings (SSSR count). The summed E-state index contributed by atoms with van der Waals surface area (Å²) >= 11 is 1.71. The lowest BCUT2D eigenvalue weighted by molar-refractivity contribution is 0.322. The highest BCUT2D eigenvalue weighted by molar-refractivity contribution is 7.07. The molecule has 0 aliphatic heterocycles. The molecule has 19 heavy (non-hydrogen) atoms. The Morgan fingerprint density at radius 2 is 1.89 bits per heavy atom. The highest BCUT2D eigenvalue weighted by Gasteiger charge is 2.00. The standard InChI is InChI=1S/C16H14O2S/c17-15-3-1-13-2-4-16(10-14(13)9-15)18-7-5-12-6-8-19-11-12/h1-4,6,8-11,17H,5,7H2. The molecule has 2 aromatic carbocycles. The van der Waals surface area contributed by atoms with Gasteiger partial charge in [0.15, 0.2) is 0 Å². The predicted octanol–water partition coefficient (Wildman–Crippen LogP) is 4.23. The first-order valence-corrected chi connectivity index (χ1v) is 7.12. The van der Waals surface area contributed by atoms with Crippen LogP contribution in [-0.2, 0) is 6.42 Å². The maximum atomic E-state index is 9.48. The van der Waals surface area contributed by atoms with Gasteiger partial charge in [0, 0.05) is 6.42 Å². The summed E-state index contributed by atoms with van der Waals surface area (Å²) in [6, 6.07) is 13.4. The number of thiophene rings is 1. The van der Waals surface area contributed by atoms with Gasteiger partial charge in [-0.1, -0.05) is 12.1 Å². The molecule has 3 aromatic rings. The Labute approximate surface area is 115 Å². The van der Waals surface area contributed by atoms with Gasteiger partial charge in [-0.15, -0.1) is 0 Å². The lowest BCUT2D eigenvalue weighted by atomic mass is 10.1. The van der Waals surface area contributed by atoms with E-state index in [1.807, 2.05) is 24.3 Å².